The molecule has 0 atom stereocenters. The van der Waals surface area contributed by atoms with Gasteiger partial charge in [-0.05, 0) is 18.2 Å². The molecular weight excluding hydrogens is 248 g/mol. The van der Waals surface area contributed by atoms with Crippen molar-refractivity contribution in [3.05, 3.63) is 63.9 Å². The van der Waals surface area contributed by atoms with E-state index in [1.807, 2.05) is 6.07 Å². The van der Waals surface area contributed by atoms with Crippen LogP contribution in [0.4, 0.5) is 5.69 Å². The number of non-ortho nitro benzene ring substituents is 1. The molecule has 19 heavy (non-hydrogen) atoms. The first-order valence-electron chi connectivity index (χ1n) is 5.53. The van der Waals surface area contributed by atoms with E-state index in [2.05, 4.69) is 0 Å². The van der Waals surface area contributed by atoms with Crippen LogP contribution in [0.15, 0.2) is 53.1 Å². The SMILES string of the molecule is O=[N+]([O-])c1ccc2c(-c3ccccc3)[n+]([O-])oc2c1. The third-order valence-electron chi connectivity index (χ3n) is 2.84. The van der Waals surface area contributed by atoms with Gasteiger partial charge in [0, 0.05) is 12.1 Å². The van der Waals surface area contributed by atoms with Crippen LogP contribution in [0.5, 0.6) is 0 Å². The maximum atomic E-state index is 11.8. The Morgan fingerprint density at radius 1 is 1.11 bits per heavy atom. The predicted molar refractivity (Wildman–Crippen MR) is 67.3 cm³/mol. The first-order valence-corrected chi connectivity index (χ1v) is 5.53. The number of nitro benzene ring substituents is 1. The lowest BCUT2D eigenvalue weighted by atomic mass is 10.1. The summed E-state index contributed by atoms with van der Waals surface area (Å²) in [4.78, 5) is 10.5. The van der Waals surface area contributed by atoms with Crippen molar-refractivity contribution in [3.8, 4) is 11.3 Å². The normalized spacial score (nSPS) is 10.7. The van der Waals surface area contributed by atoms with E-state index >= 15 is 0 Å². The highest BCUT2D eigenvalue weighted by Gasteiger charge is 2.20. The molecule has 0 unspecified atom stereocenters. The molecule has 0 aliphatic carbocycles. The first kappa shape index (κ1) is 11.2. The number of rotatable bonds is 2. The third-order valence-corrected chi connectivity index (χ3v) is 2.84. The molecular formula is C13H8N2O4. The van der Waals surface area contributed by atoms with E-state index in [4.69, 9.17) is 4.52 Å². The summed E-state index contributed by atoms with van der Waals surface area (Å²) in [5.74, 6) is 0. The van der Waals surface area contributed by atoms with Crippen LogP contribution >= 0.6 is 0 Å². The van der Waals surface area contributed by atoms with Gasteiger partial charge in [-0.2, -0.15) is 0 Å². The quantitative estimate of drug-likeness (QED) is 0.401. The van der Waals surface area contributed by atoms with Gasteiger partial charge >= 0.3 is 0 Å². The van der Waals surface area contributed by atoms with Crippen molar-refractivity contribution in [2.24, 2.45) is 0 Å². The van der Waals surface area contributed by atoms with Gasteiger partial charge in [0.2, 0.25) is 0 Å². The molecule has 3 rings (SSSR count). The molecule has 6 nitrogen and oxygen atoms in total. The number of fused-ring (bicyclic) bond motifs is 1. The highest BCUT2D eigenvalue weighted by molar-refractivity contribution is 5.90. The van der Waals surface area contributed by atoms with Gasteiger partial charge in [0.15, 0.2) is 0 Å². The molecule has 1 heterocycles. The van der Waals surface area contributed by atoms with Crippen molar-refractivity contribution >= 4 is 16.7 Å². The molecule has 0 aliphatic rings. The Kier molecular flexibility index (Phi) is 2.42. The summed E-state index contributed by atoms with van der Waals surface area (Å²) in [7, 11) is 0. The molecule has 0 saturated heterocycles. The van der Waals surface area contributed by atoms with E-state index < -0.39 is 4.92 Å². The van der Waals surface area contributed by atoms with Crippen molar-refractivity contribution in [1.82, 2.24) is 0 Å². The topological polar surface area (TPSA) is 83.2 Å². The standard InChI is InChI=1S/C13H8N2O4/c16-14(17)10-6-7-11-12(8-10)19-15(18)13(11)9-4-2-1-3-5-9/h1-8H. The third kappa shape index (κ3) is 1.79. The van der Waals surface area contributed by atoms with Gasteiger partial charge in [0.1, 0.15) is 0 Å². The van der Waals surface area contributed by atoms with Crippen LogP contribution in [-0.4, -0.2) is 4.92 Å². The lowest BCUT2D eigenvalue weighted by Crippen LogP contribution is -2.24. The van der Waals surface area contributed by atoms with Crippen molar-refractivity contribution in [1.29, 1.82) is 0 Å². The van der Waals surface area contributed by atoms with Gasteiger partial charge in [-0.25, -0.2) is 0 Å². The zero-order valence-electron chi connectivity index (χ0n) is 9.65. The average molecular weight is 256 g/mol. The Bertz CT molecular complexity index is 765. The molecule has 0 amide bonds. The number of hydrogen-bond acceptors (Lipinski definition) is 4. The van der Waals surface area contributed by atoms with E-state index in [9.17, 15) is 15.3 Å². The fraction of sp³-hybridized carbons (Fsp3) is 0. The second-order valence-corrected chi connectivity index (χ2v) is 4.00. The molecule has 0 aliphatic heterocycles. The van der Waals surface area contributed by atoms with Gasteiger partial charge in [0.25, 0.3) is 11.4 Å². The number of nitrogens with zero attached hydrogens (tertiary/aromatic N) is 2. The smallest absolute Gasteiger partial charge is 0.284 e. The summed E-state index contributed by atoms with van der Waals surface area (Å²) in [6.45, 7) is 0. The Balaban J connectivity index is 2.27. The Morgan fingerprint density at radius 2 is 1.84 bits per heavy atom. The lowest BCUT2D eigenvalue weighted by molar-refractivity contribution is -0.779. The minimum absolute atomic E-state index is 0.110. The van der Waals surface area contributed by atoms with Crippen LogP contribution < -0.4 is 4.90 Å². The van der Waals surface area contributed by atoms with Crippen LogP contribution in [0.25, 0.3) is 22.2 Å². The molecule has 2 aromatic carbocycles. The van der Waals surface area contributed by atoms with Crippen molar-refractivity contribution in [2.75, 3.05) is 0 Å². The molecule has 0 fully saturated rings. The van der Waals surface area contributed by atoms with Gasteiger partial charge in [0.05, 0.1) is 26.4 Å². The molecule has 0 N–H and O–H groups in total. The minimum atomic E-state index is -0.528. The largest absolute Gasteiger partial charge is 0.366 e. The predicted octanol–water partition coefficient (Wildman–Crippen LogP) is 2.64. The van der Waals surface area contributed by atoms with E-state index in [1.165, 1.54) is 18.2 Å². The van der Waals surface area contributed by atoms with Gasteiger partial charge in [-0.15, -0.1) is 0 Å². The van der Waals surface area contributed by atoms with Crippen LogP contribution in [0.1, 0.15) is 0 Å². The number of benzene rings is 2. The monoisotopic (exact) mass is 256 g/mol. The zero-order valence-corrected chi connectivity index (χ0v) is 9.65. The first-order chi connectivity index (χ1) is 9.16. The summed E-state index contributed by atoms with van der Waals surface area (Å²) < 4.78 is 5.00. The fourth-order valence-electron chi connectivity index (χ4n) is 1.99. The van der Waals surface area contributed by atoms with Crippen LogP contribution in [0, 0.1) is 15.3 Å². The van der Waals surface area contributed by atoms with Crippen LogP contribution in [-0.2, 0) is 0 Å². The maximum Gasteiger partial charge on any atom is 0.284 e. The van der Waals surface area contributed by atoms with E-state index in [-0.39, 0.29) is 11.3 Å². The highest BCUT2D eigenvalue weighted by Crippen LogP contribution is 2.28. The van der Waals surface area contributed by atoms with E-state index in [0.717, 1.165) is 0 Å². The molecule has 1 aromatic heterocycles. The summed E-state index contributed by atoms with van der Waals surface area (Å²) in [5.41, 5.74) is 1.14. The number of aromatic nitrogens is 1. The van der Waals surface area contributed by atoms with Crippen LogP contribution in [0.2, 0.25) is 0 Å². The molecule has 0 radical (unpaired) electrons. The maximum absolute atomic E-state index is 11.8. The van der Waals surface area contributed by atoms with Crippen molar-refractivity contribution in [3.63, 3.8) is 0 Å². The Morgan fingerprint density at radius 3 is 2.53 bits per heavy atom. The van der Waals surface area contributed by atoms with E-state index in [0.29, 0.717) is 21.5 Å². The summed E-state index contributed by atoms with van der Waals surface area (Å²) >= 11 is 0. The Hall–Kier alpha value is -2.89. The molecule has 0 spiro atoms. The van der Waals surface area contributed by atoms with Gasteiger partial charge in [-0.1, -0.05) is 18.2 Å². The molecule has 0 bridgehead atoms. The number of nitro groups is 1. The number of hydrogen-bond donors (Lipinski definition) is 0. The Labute approximate surface area is 107 Å². The zero-order chi connectivity index (χ0) is 13.4. The fourth-order valence-corrected chi connectivity index (χ4v) is 1.99. The van der Waals surface area contributed by atoms with E-state index in [1.54, 1.807) is 24.3 Å². The van der Waals surface area contributed by atoms with Crippen molar-refractivity contribution in [2.45, 2.75) is 0 Å². The second-order valence-electron chi connectivity index (χ2n) is 4.00. The minimum Gasteiger partial charge on any atom is -0.366 e. The lowest BCUT2D eigenvalue weighted by Gasteiger charge is -1.93. The van der Waals surface area contributed by atoms with Gasteiger partial charge < -0.3 is 4.52 Å². The highest BCUT2D eigenvalue weighted by atomic mass is 16.7. The van der Waals surface area contributed by atoms with Gasteiger partial charge in [-0.3, -0.25) is 15.3 Å². The average Bonchev–Trinajstić information content (AvgIpc) is 2.74. The van der Waals surface area contributed by atoms with Crippen molar-refractivity contribution < 1.29 is 14.3 Å². The summed E-state index contributed by atoms with van der Waals surface area (Å²) in [6, 6.07) is 13.1. The summed E-state index contributed by atoms with van der Waals surface area (Å²) in [6.07, 6.45) is 0. The summed E-state index contributed by atoms with van der Waals surface area (Å²) in [5, 5.41) is 23.0. The molecule has 0 saturated carbocycles. The van der Waals surface area contributed by atoms with Crippen LogP contribution in [0.3, 0.4) is 0 Å². The molecule has 94 valence electrons. The second kappa shape index (κ2) is 4.09. The molecule has 3 aromatic rings. The molecule has 6 heteroatoms.